The molecule has 0 saturated carbocycles. The van der Waals surface area contributed by atoms with Gasteiger partial charge < -0.3 is 14.2 Å². The van der Waals surface area contributed by atoms with Crippen LogP contribution in [0.15, 0.2) is 36.5 Å². The zero-order valence-corrected chi connectivity index (χ0v) is 44.9. The standard InChI is InChI=1S/C61H112O6/c1-4-7-10-13-16-19-22-25-27-28-29-30-31-32-33-35-36-39-42-45-48-51-54-60(63)66-57-58(56-65-59(62)53-50-47-44-41-38-24-21-18-15-12-9-6-3)67-61(64)55-52-49-46-43-40-37-34-26-23-20-17-14-11-8-5-2/h8,11,17,20,26,34,58H,4-7,9-10,12-16,18-19,21-25,27-33,35-57H2,1-3H3/b11-8-,20-17-,34-26-. The molecule has 0 spiro atoms. The van der Waals surface area contributed by atoms with Crippen molar-refractivity contribution in [3.63, 3.8) is 0 Å². The monoisotopic (exact) mass is 941 g/mol. The molecule has 0 saturated heterocycles. The lowest BCUT2D eigenvalue weighted by Crippen LogP contribution is -2.30. The molecule has 0 fully saturated rings. The van der Waals surface area contributed by atoms with Crippen LogP contribution in [-0.4, -0.2) is 37.2 Å². The molecule has 0 aromatic heterocycles. The molecule has 1 unspecified atom stereocenters. The Morgan fingerprint density at radius 3 is 0.910 bits per heavy atom. The van der Waals surface area contributed by atoms with Crippen molar-refractivity contribution in [3.05, 3.63) is 36.5 Å². The fraction of sp³-hybridized carbons (Fsp3) is 0.852. The van der Waals surface area contributed by atoms with Gasteiger partial charge in [-0.15, -0.1) is 0 Å². The molecule has 1 atom stereocenters. The summed E-state index contributed by atoms with van der Waals surface area (Å²) in [5, 5.41) is 0. The van der Waals surface area contributed by atoms with Crippen LogP contribution < -0.4 is 0 Å². The number of allylic oxidation sites excluding steroid dienone is 6. The maximum absolute atomic E-state index is 12.8. The van der Waals surface area contributed by atoms with Crippen molar-refractivity contribution in [1.29, 1.82) is 0 Å². The van der Waals surface area contributed by atoms with E-state index in [4.69, 9.17) is 14.2 Å². The molecule has 0 aliphatic rings. The normalized spacial score (nSPS) is 12.2. The van der Waals surface area contributed by atoms with Crippen molar-refractivity contribution < 1.29 is 28.6 Å². The maximum atomic E-state index is 12.8. The lowest BCUT2D eigenvalue weighted by Gasteiger charge is -2.18. The smallest absolute Gasteiger partial charge is 0.306 e. The zero-order valence-electron chi connectivity index (χ0n) is 44.9. The fourth-order valence-electron chi connectivity index (χ4n) is 8.75. The van der Waals surface area contributed by atoms with E-state index >= 15 is 0 Å². The largest absolute Gasteiger partial charge is 0.462 e. The van der Waals surface area contributed by atoms with Gasteiger partial charge in [0, 0.05) is 19.3 Å². The van der Waals surface area contributed by atoms with E-state index in [9.17, 15) is 14.4 Å². The summed E-state index contributed by atoms with van der Waals surface area (Å²) in [6.07, 6.45) is 67.2. The van der Waals surface area contributed by atoms with Crippen LogP contribution in [0.4, 0.5) is 0 Å². The van der Waals surface area contributed by atoms with E-state index in [0.29, 0.717) is 19.3 Å². The number of carbonyl (C=O) groups excluding carboxylic acids is 3. The Bertz CT molecular complexity index is 1130. The molecule has 6 nitrogen and oxygen atoms in total. The Hall–Kier alpha value is -2.37. The molecule has 0 bridgehead atoms. The molecular weight excluding hydrogens is 829 g/mol. The van der Waals surface area contributed by atoms with Crippen LogP contribution in [0.2, 0.25) is 0 Å². The summed E-state index contributed by atoms with van der Waals surface area (Å²) in [5.74, 6) is -0.873. The minimum absolute atomic E-state index is 0.0744. The van der Waals surface area contributed by atoms with Crippen molar-refractivity contribution in [3.8, 4) is 0 Å². The van der Waals surface area contributed by atoms with E-state index in [1.54, 1.807) is 0 Å². The van der Waals surface area contributed by atoms with Gasteiger partial charge in [0.15, 0.2) is 6.10 Å². The van der Waals surface area contributed by atoms with Gasteiger partial charge in [-0.1, -0.05) is 282 Å². The summed E-state index contributed by atoms with van der Waals surface area (Å²) in [7, 11) is 0. The third kappa shape index (κ3) is 54.4. The number of hydrogen-bond acceptors (Lipinski definition) is 6. The summed E-state index contributed by atoms with van der Waals surface area (Å²) in [6.45, 7) is 6.56. The van der Waals surface area contributed by atoms with Crippen molar-refractivity contribution in [1.82, 2.24) is 0 Å². The minimum atomic E-state index is -0.777. The maximum Gasteiger partial charge on any atom is 0.306 e. The summed E-state index contributed by atoms with van der Waals surface area (Å²) < 4.78 is 16.9. The highest BCUT2D eigenvalue weighted by atomic mass is 16.6. The highest BCUT2D eigenvalue weighted by molar-refractivity contribution is 5.71. The van der Waals surface area contributed by atoms with Crippen LogP contribution in [0.25, 0.3) is 0 Å². The van der Waals surface area contributed by atoms with E-state index in [1.807, 2.05) is 0 Å². The van der Waals surface area contributed by atoms with Gasteiger partial charge in [0.25, 0.3) is 0 Å². The number of carbonyl (C=O) groups is 3. The number of esters is 3. The Morgan fingerprint density at radius 1 is 0.313 bits per heavy atom. The van der Waals surface area contributed by atoms with E-state index in [0.717, 1.165) is 96.3 Å². The van der Waals surface area contributed by atoms with Crippen molar-refractivity contribution in [2.45, 2.75) is 322 Å². The molecular formula is C61H112O6. The first kappa shape index (κ1) is 64.6. The van der Waals surface area contributed by atoms with Gasteiger partial charge in [-0.05, 0) is 51.4 Å². The first-order valence-corrected chi connectivity index (χ1v) is 29.5. The second-order valence-electron chi connectivity index (χ2n) is 19.9. The number of unbranched alkanes of at least 4 members (excludes halogenated alkanes) is 37. The Kier molecular flexibility index (Phi) is 54.2. The van der Waals surface area contributed by atoms with Crippen LogP contribution in [0.1, 0.15) is 316 Å². The number of hydrogen-bond donors (Lipinski definition) is 0. The summed E-state index contributed by atoms with van der Waals surface area (Å²) in [6, 6.07) is 0. The fourth-order valence-corrected chi connectivity index (χ4v) is 8.75. The molecule has 0 amide bonds. The predicted molar refractivity (Wildman–Crippen MR) is 289 cm³/mol. The van der Waals surface area contributed by atoms with Gasteiger partial charge in [-0.25, -0.2) is 0 Å². The molecule has 0 rings (SSSR count). The molecule has 6 heteroatoms. The zero-order chi connectivity index (χ0) is 48.6. The van der Waals surface area contributed by atoms with Gasteiger partial charge >= 0.3 is 17.9 Å². The molecule has 392 valence electrons. The van der Waals surface area contributed by atoms with Crippen LogP contribution in [0, 0.1) is 0 Å². The molecule has 0 N–H and O–H groups in total. The molecule has 0 radical (unpaired) electrons. The van der Waals surface area contributed by atoms with Crippen LogP contribution >= 0.6 is 0 Å². The first-order chi connectivity index (χ1) is 33.0. The predicted octanol–water partition coefficient (Wildman–Crippen LogP) is 19.7. The van der Waals surface area contributed by atoms with Crippen LogP contribution in [0.3, 0.4) is 0 Å². The summed E-state index contributed by atoms with van der Waals surface area (Å²) >= 11 is 0. The lowest BCUT2D eigenvalue weighted by atomic mass is 10.0. The van der Waals surface area contributed by atoms with E-state index < -0.39 is 6.10 Å². The summed E-state index contributed by atoms with van der Waals surface area (Å²) in [5.41, 5.74) is 0. The Morgan fingerprint density at radius 2 is 0.582 bits per heavy atom. The second-order valence-corrected chi connectivity index (χ2v) is 19.9. The number of ether oxygens (including phenoxy) is 3. The topological polar surface area (TPSA) is 78.9 Å². The van der Waals surface area contributed by atoms with E-state index in [2.05, 4.69) is 57.2 Å². The molecule has 0 aromatic rings. The molecule has 0 aromatic carbocycles. The quantitative estimate of drug-likeness (QED) is 0.0262. The third-order valence-corrected chi connectivity index (χ3v) is 13.2. The van der Waals surface area contributed by atoms with Crippen molar-refractivity contribution in [2.24, 2.45) is 0 Å². The van der Waals surface area contributed by atoms with Crippen molar-refractivity contribution in [2.75, 3.05) is 13.2 Å². The van der Waals surface area contributed by atoms with E-state index in [-0.39, 0.29) is 31.1 Å². The molecule has 0 heterocycles. The number of rotatable bonds is 54. The minimum Gasteiger partial charge on any atom is -0.462 e. The third-order valence-electron chi connectivity index (χ3n) is 13.2. The Labute approximate surface area is 416 Å². The summed E-state index contributed by atoms with van der Waals surface area (Å²) in [4.78, 5) is 38.1. The lowest BCUT2D eigenvalue weighted by molar-refractivity contribution is -0.167. The highest BCUT2D eigenvalue weighted by Gasteiger charge is 2.19. The average Bonchev–Trinajstić information content (AvgIpc) is 3.33. The first-order valence-electron chi connectivity index (χ1n) is 29.5. The SMILES string of the molecule is CC/C=C\C/C=C\C/C=C\CCCCCCCC(=O)OC(COC(=O)CCCCCCCCCCCCCC)COC(=O)CCCCCCCCCCCCCCCCCCCCCCCC. The van der Waals surface area contributed by atoms with Crippen LogP contribution in [0.5, 0.6) is 0 Å². The molecule has 0 aliphatic heterocycles. The molecule has 0 aliphatic carbocycles. The highest BCUT2D eigenvalue weighted by Crippen LogP contribution is 2.17. The van der Waals surface area contributed by atoms with Gasteiger partial charge in [0.05, 0.1) is 0 Å². The van der Waals surface area contributed by atoms with Gasteiger partial charge in [-0.2, -0.15) is 0 Å². The Balaban J connectivity index is 4.26. The van der Waals surface area contributed by atoms with E-state index in [1.165, 1.54) is 180 Å². The molecule has 67 heavy (non-hydrogen) atoms. The van der Waals surface area contributed by atoms with Gasteiger partial charge in [0.1, 0.15) is 13.2 Å². The van der Waals surface area contributed by atoms with Gasteiger partial charge in [0.2, 0.25) is 0 Å². The average molecular weight is 942 g/mol. The van der Waals surface area contributed by atoms with Crippen LogP contribution in [-0.2, 0) is 28.6 Å². The second kappa shape index (κ2) is 56.2. The van der Waals surface area contributed by atoms with Crippen molar-refractivity contribution >= 4 is 17.9 Å². The van der Waals surface area contributed by atoms with Gasteiger partial charge in [-0.3, -0.25) is 14.4 Å².